The van der Waals surface area contributed by atoms with Crippen LogP contribution < -0.4 is 10.6 Å². The number of nitrogens with zero attached hydrogens (tertiary/aromatic N) is 1. The molecular formula is C9H22IN3S2. The Morgan fingerprint density at radius 3 is 2.20 bits per heavy atom. The number of nitrogens with one attached hydrogen (secondary N) is 2. The Kier molecular flexibility index (Phi) is 17.7. The number of hydrogen-bond acceptors (Lipinski definition) is 3. The number of hydrogen-bond donors (Lipinski definition) is 2. The molecular weight excluding hydrogens is 341 g/mol. The Morgan fingerprint density at radius 2 is 1.67 bits per heavy atom. The Balaban J connectivity index is 0. The Hall–Kier alpha value is 0.700. The molecule has 0 bridgehead atoms. The minimum absolute atomic E-state index is 0. The maximum absolute atomic E-state index is 4.14. The number of halogens is 1. The molecule has 0 aromatic heterocycles. The van der Waals surface area contributed by atoms with Gasteiger partial charge in [-0.15, -0.1) is 24.0 Å². The number of aliphatic imine (C=N–C) groups is 1. The summed E-state index contributed by atoms with van der Waals surface area (Å²) >= 11 is 3.72. The van der Waals surface area contributed by atoms with E-state index in [4.69, 9.17) is 0 Å². The maximum atomic E-state index is 4.14. The van der Waals surface area contributed by atoms with Crippen molar-refractivity contribution in [3.05, 3.63) is 0 Å². The first-order valence-corrected chi connectivity index (χ1v) is 7.56. The summed E-state index contributed by atoms with van der Waals surface area (Å²) in [7, 11) is 1.81. The first-order valence-electron chi connectivity index (χ1n) is 4.77. The normalized spacial score (nSPS) is 10.7. The lowest BCUT2D eigenvalue weighted by atomic mass is 10.5. The molecule has 0 aliphatic carbocycles. The molecule has 0 aromatic rings. The third kappa shape index (κ3) is 12.6. The van der Waals surface area contributed by atoms with Crippen LogP contribution in [0.4, 0.5) is 0 Å². The summed E-state index contributed by atoms with van der Waals surface area (Å²) in [5, 5.41) is 6.54. The molecule has 0 radical (unpaired) electrons. The van der Waals surface area contributed by atoms with E-state index in [0.29, 0.717) is 0 Å². The van der Waals surface area contributed by atoms with Gasteiger partial charge in [-0.25, -0.2) is 0 Å². The molecule has 0 aliphatic rings. The summed E-state index contributed by atoms with van der Waals surface area (Å²) < 4.78 is 0. The smallest absolute Gasteiger partial charge is 0.191 e. The second-order valence-corrected chi connectivity index (χ2v) is 4.74. The maximum Gasteiger partial charge on any atom is 0.191 e. The average Bonchev–Trinajstić information content (AvgIpc) is 2.22. The van der Waals surface area contributed by atoms with E-state index in [0.717, 1.165) is 24.8 Å². The monoisotopic (exact) mass is 363 g/mol. The van der Waals surface area contributed by atoms with E-state index in [2.05, 4.69) is 28.1 Å². The summed E-state index contributed by atoms with van der Waals surface area (Å²) in [6.45, 7) is 1.98. The molecule has 2 N–H and O–H groups in total. The summed E-state index contributed by atoms with van der Waals surface area (Å²) in [6, 6.07) is 0. The van der Waals surface area contributed by atoms with E-state index < -0.39 is 0 Å². The highest BCUT2D eigenvalue weighted by Crippen LogP contribution is 1.93. The van der Waals surface area contributed by atoms with E-state index in [1.54, 1.807) is 0 Å². The zero-order valence-corrected chi connectivity index (χ0v) is 13.7. The molecule has 0 saturated carbocycles. The van der Waals surface area contributed by atoms with Gasteiger partial charge in [-0.2, -0.15) is 23.5 Å². The van der Waals surface area contributed by atoms with Crippen LogP contribution in [0.5, 0.6) is 0 Å². The third-order valence-electron chi connectivity index (χ3n) is 1.64. The highest BCUT2D eigenvalue weighted by Gasteiger charge is 1.94. The predicted molar refractivity (Wildman–Crippen MR) is 86.2 cm³/mol. The largest absolute Gasteiger partial charge is 0.356 e. The molecule has 6 heteroatoms. The van der Waals surface area contributed by atoms with Gasteiger partial charge in [-0.3, -0.25) is 4.99 Å². The van der Waals surface area contributed by atoms with Gasteiger partial charge in [-0.05, 0) is 24.7 Å². The number of rotatable bonds is 7. The molecule has 0 rings (SSSR count). The van der Waals surface area contributed by atoms with Crippen LogP contribution in [-0.4, -0.2) is 50.1 Å². The third-order valence-corrected chi connectivity index (χ3v) is 2.95. The fourth-order valence-electron chi connectivity index (χ4n) is 0.915. The van der Waals surface area contributed by atoms with Gasteiger partial charge in [0.15, 0.2) is 5.96 Å². The van der Waals surface area contributed by atoms with Gasteiger partial charge >= 0.3 is 0 Å². The SMILES string of the molecule is CN=C(NCCCSC)NCCSC.I. The van der Waals surface area contributed by atoms with Gasteiger partial charge in [-0.1, -0.05) is 0 Å². The summed E-state index contributed by atoms with van der Waals surface area (Å²) in [4.78, 5) is 4.14. The highest BCUT2D eigenvalue weighted by atomic mass is 127. The second kappa shape index (κ2) is 14.7. The minimum atomic E-state index is 0. The van der Waals surface area contributed by atoms with Gasteiger partial charge in [0.05, 0.1) is 0 Å². The molecule has 0 spiro atoms. The minimum Gasteiger partial charge on any atom is -0.356 e. The van der Waals surface area contributed by atoms with Gasteiger partial charge in [0.25, 0.3) is 0 Å². The zero-order chi connectivity index (χ0) is 10.6. The van der Waals surface area contributed by atoms with Gasteiger partial charge in [0.2, 0.25) is 0 Å². The van der Waals surface area contributed by atoms with Crippen molar-refractivity contribution < 1.29 is 0 Å². The molecule has 0 atom stereocenters. The quantitative estimate of drug-likeness (QED) is 0.314. The van der Waals surface area contributed by atoms with Crippen molar-refractivity contribution in [2.75, 3.05) is 44.2 Å². The number of thioether (sulfide) groups is 2. The Labute approximate surface area is 119 Å². The first kappa shape index (κ1) is 18.1. The predicted octanol–water partition coefficient (Wildman–Crippen LogP) is 1.89. The van der Waals surface area contributed by atoms with Gasteiger partial charge in [0.1, 0.15) is 0 Å². The molecule has 0 aliphatic heterocycles. The lowest BCUT2D eigenvalue weighted by molar-refractivity contribution is 0.801. The molecule has 0 fully saturated rings. The van der Waals surface area contributed by atoms with Crippen LogP contribution in [0.2, 0.25) is 0 Å². The molecule has 92 valence electrons. The zero-order valence-electron chi connectivity index (χ0n) is 9.71. The topological polar surface area (TPSA) is 36.4 Å². The summed E-state index contributed by atoms with van der Waals surface area (Å²) in [5.74, 6) is 3.24. The van der Waals surface area contributed by atoms with E-state index in [1.807, 2.05) is 30.6 Å². The second-order valence-electron chi connectivity index (χ2n) is 2.76. The summed E-state index contributed by atoms with van der Waals surface area (Å²) in [5.41, 5.74) is 0. The molecule has 15 heavy (non-hydrogen) atoms. The summed E-state index contributed by atoms with van der Waals surface area (Å²) in [6.07, 6.45) is 5.42. The lowest BCUT2D eigenvalue weighted by Crippen LogP contribution is -2.38. The van der Waals surface area contributed by atoms with Crippen LogP contribution in [0.15, 0.2) is 4.99 Å². The highest BCUT2D eigenvalue weighted by molar-refractivity contribution is 14.0. The molecule has 0 saturated heterocycles. The fraction of sp³-hybridized carbons (Fsp3) is 0.889. The number of guanidine groups is 1. The average molecular weight is 363 g/mol. The molecule has 0 amide bonds. The van der Waals surface area contributed by atoms with Crippen LogP contribution in [0, 0.1) is 0 Å². The van der Waals surface area contributed by atoms with E-state index >= 15 is 0 Å². The van der Waals surface area contributed by atoms with Crippen LogP contribution in [0.3, 0.4) is 0 Å². The van der Waals surface area contributed by atoms with Crippen LogP contribution in [0.1, 0.15) is 6.42 Å². The van der Waals surface area contributed by atoms with E-state index in [1.165, 1.54) is 12.2 Å². The van der Waals surface area contributed by atoms with E-state index in [-0.39, 0.29) is 24.0 Å². The van der Waals surface area contributed by atoms with Gasteiger partial charge in [0, 0.05) is 25.9 Å². The Morgan fingerprint density at radius 1 is 1.07 bits per heavy atom. The standard InChI is InChI=1S/C9H21N3S2.HI/c1-10-9(12-6-8-14-3)11-5-4-7-13-2;/h4-8H2,1-3H3,(H2,10,11,12);1H. The molecule has 0 heterocycles. The molecule has 0 unspecified atom stereocenters. The van der Waals surface area contributed by atoms with Crippen molar-refractivity contribution in [2.24, 2.45) is 4.99 Å². The van der Waals surface area contributed by atoms with Crippen molar-refractivity contribution in [3.8, 4) is 0 Å². The van der Waals surface area contributed by atoms with Gasteiger partial charge < -0.3 is 10.6 Å². The lowest BCUT2D eigenvalue weighted by Gasteiger charge is -2.10. The Bertz CT molecular complexity index is 156. The van der Waals surface area contributed by atoms with Crippen molar-refractivity contribution in [1.29, 1.82) is 0 Å². The molecule has 0 aromatic carbocycles. The fourth-order valence-corrected chi connectivity index (χ4v) is 1.65. The van der Waals surface area contributed by atoms with Crippen LogP contribution in [0.25, 0.3) is 0 Å². The van der Waals surface area contributed by atoms with Crippen molar-refractivity contribution >= 4 is 53.5 Å². The van der Waals surface area contributed by atoms with E-state index in [9.17, 15) is 0 Å². The first-order chi connectivity index (χ1) is 6.85. The van der Waals surface area contributed by atoms with Crippen LogP contribution in [-0.2, 0) is 0 Å². The molecule has 3 nitrogen and oxygen atoms in total. The van der Waals surface area contributed by atoms with Crippen LogP contribution >= 0.6 is 47.5 Å². The van der Waals surface area contributed by atoms with Crippen molar-refractivity contribution in [2.45, 2.75) is 6.42 Å². The van der Waals surface area contributed by atoms with Crippen molar-refractivity contribution in [3.63, 3.8) is 0 Å². The van der Waals surface area contributed by atoms with Crippen molar-refractivity contribution in [1.82, 2.24) is 10.6 Å².